The van der Waals surface area contributed by atoms with E-state index in [1.807, 2.05) is 6.92 Å². The standard InChI is InChI=1S/C23H42N2O7/c1-11-15(8)17(25(10)20(27)18(26)13(4)5)23(31)32-19(14(6)7)21(28)24(9)16(12(2)3)22(29)30/h12-19,26H,11H2,1-10H3,(H,29,30)/t15-,16-,17-,18+,19+/m0/s1. The molecule has 0 aromatic carbocycles. The maximum absolute atomic E-state index is 13.2. The van der Waals surface area contributed by atoms with E-state index in [0.29, 0.717) is 6.42 Å². The number of nitrogens with zero attached hydrogens (tertiary/aromatic N) is 2. The molecule has 0 aromatic rings. The van der Waals surface area contributed by atoms with Crippen molar-refractivity contribution >= 4 is 23.8 Å². The summed E-state index contributed by atoms with van der Waals surface area (Å²) in [6.45, 7) is 13.8. The number of hydrogen-bond donors (Lipinski definition) is 2. The van der Waals surface area contributed by atoms with Crippen molar-refractivity contribution < 1.29 is 34.1 Å². The zero-order valence-electron chi connectivity index (χ0n) is 21.2. The number of aliphatic hydroxyl groups excluding tert-OH is 1. The molecule has 0 aliphatic carbocycles. The fourth-order valence-corrected chi connectivity index (χ4v) is 3.53. The van der Waals surface area contributed by atoms with Gasteiger partial charge in [0.1, 0.15) is 18.2 Å². The first kappa shape index (κ1) is 29.8. The van der Waals surface area contributed by atoms with Gasteiger partial charge in [0.25, 0.3) is 11.8 Å². The van der Waals surface area contributed by atoms with Gasteiger partial charge < -0.3 is 24.7 Å². The van der Waals surface area contributed by atoms with Gasteiger partial charge in [-0.05, 0) is 23.7 Å². The van der Waals surface area contributed by atoms with Gasteiger partial charge in [0.15, 0.2) is 6.10 Å². The number of carbonyl (C=O) groups excluding carboxylic acids is 3. The van der Waals surface area contributed by atoms with Gasteiger partial charge in [-0.2, -0.15) is 0 Å². The second-order valence-electron chi connectivity index (χ2n) is 9.55. The zero-order valence-corrected chi connectivity index (χ0v) is 21.2. The van der Waals surface area contributed by atoms with Crippen LogP contribution in [-0.2, 0) is 23.9 Å². The Kier molecular flexibility index (Phi) is 11.9. The fraction of sp³-hybridized carbons (Fsp3) is 0.826. The predicted molar refractivity (Wildman–Crippen MR) is 121 cm³/mol. The summed E-state index contributed by atoms with van der Waals surface area (Å²) in [6, 6.07) is -2.07. The van der Waals surface area contributed by atoms with Gasteiger partial charge >= 0.3 is 11.9 Å². The third kappa shape index (κ3) is 7.46. The van der Waals surface area contributed by atoms with E-state index in [1.54, 1.807) is 48.5 Å². The number of aliphatic carboxylic acids is 1. The largest absolute Gasteiger partial charge is 0.480 e. The maximum atomic E-state index is 13.2. The monoisotopic (exact) mass is 458 g/mol. The molecule has 32 heavy (non-hydrogen) atoms. The molecule has 0 fully saturated rings. The molecule has 2 N–H and O–H groups in total. The molecule has 0 saturated heterocycles. The van der Waals surface area contributed by atoms with Crippen LogP contribution in [-0.4, -0.2) is 82.2 Å². The molecular weight excluding hydrogens is 416 g/mol. The van der Waals surface area contributed by atoms with Crippen LogP contribution in [0.3, 0.4) is 0 Å². The molecule has 0 bridgehead atoms. The highest BCUT2D eigenvalue weighted by Crippen LogP contribution is 2.22. The number of ether oxygens (including phenoxy) is 1. The quantitative estimate of drug-likeness (QED) is 0.429. The maximum Gasteiger partial charge on any atom is 0.329 e. The third-order valence-electron chi connectivity index (χ3n) is 5.82. The van der Waals surface area contributed by atoms with Crippen LogP contribution in [0.15, 0.2) is 0 Å². The van der Waals surface area contributed by atoms with Crippen molar-refractivity contribution in [3.8, 4) is 0 Å². The number of esters is 1. The molecule has 0 rings (SSSR count). The Bertz CT molecular complexity index is 663. The van der Waals surface area contributed by atoms with E-state index in [2.05, 4.69) is 0 Å². The molecule has 0 aliphatic rings. The lowest BCUT2D eigenvalue weighted by Gasteiger charge is -2.35. The van der Waals surface area contributed by atoms with E-state index in [-0.39, 0.29) is 17.8 Å². The summed E-state index contributed by atoms with van der Waals surface area (Å²) in [6.07, 6.45) is -1.92. The summed E-state index contributed by atoms with van der Waals surface area (Å²) in [5, 5.41) is 19.7. The van der Waals surface area contributed by atoms with Crippen LogP contribution in [0.4, 0.5) is 0 Å². The Morgan fingerprint density at radius 2 is 1.25 bits per heavy atom. The van der Waals surface area contributed by atoms with Crippen LogP contribution in [0.25, 0.3) is 0 Å². The van der Waals surface area contributed by atoms with Crippen molar-refractivity contribution in [3.63, 3.8) is 0 Å². The van der Waals surface area contributed by atoms with Crippen LogP contribution < -0.4 is 0 Å². The predicted octanol–water partition coefficient (Wildman–Crippen LogP) is 2.01. The van der Waals surface area contributed by atoms with Crippen molar-refractivity contribution in [2.75, 3.05) is 14.1 Å². The number of carboxylic acid groups (broad SMARTS) is 1. The van der Waals surface area contributed by atoms with E-state index in [4.69, 9.17) is 4.74 Å². The molecule has 0 unspecified atom stereocenters. The fourth-order valence-electron chi connectivity index (χ4n) is 3.53. The Morgan fingerprint density at radius 1 is 0.781 bits per heavy atom. The van der Waals surface area contributed by atoms with E-state index in [0.717, 1.165) is 4.90 Å². The van der Waals surface area contributed by atoms with E-state index in [1.165, 1.54) is 19.0 Å². The minimum atomic E-state index is -1.27. The molecule has 0 heterocycles. The average molecular weight is 459 g/mol. The molecule has 2 amide bonds. The van der Waals surface area contributed by atoms with Crippen LogP contribution in [0, 0.1) is 23.7 Å². The smallest absolute Gasteiger partial charge is 0.329 e. The summed E-state index contributed by atoms with van der Waals surface area (Å²) in [5.74, 6) is -4.51. The Balaban J connectivity index is 5.89. The molecule has 9 heteroatoms. The number of likely N-dealkylation sites (N-methyl/N-ethyl adjacent to an activating group) is 2. The first-order valence-corrected chi connectivity index (χ1v) is 11.2. The lowest BCUT2D eigenvalue weighted by atomic mass is 9.96. The van der Waals surface area contributed by atoms with E-state index >= 15 is 0 Å². The highest BCUT2D eigenvalue weighted by Gasteiger charge is 2.40. The van der Waals surface area contributed by atoms with Gasteiger partial charge in [0.2, 0.25) is 0 Å². The van der Waals surface area contributed by atoms with Crippen LogP contribution in [0.2, 0.25) is 0 Å². The molecule has 9 nitrogen and oxygen atoms in total. The van der Waals surface area contributed by atoms with Gasteiger partial charge in [0.05, 0.1) is 0 Å². The third-order valence-corrected chi connectivity index (χ3v) is 5.82. The SMILES string of the molecule is CC[C@H](C)[C@@H](C(=O)O[C@@H](C(=O)N(C)[C@H](C(=O)O)C(C)C)C(C)C)N(C)C(=O)[C@H](O)C(C)C. The van der Waals surface area contributed by atoms with Gasteiger partial charge in [-0.1, -0.05) is 61.8 Å². The van der Waals surface area contributed by atoms with Crippen LogP contribution in [0.5, 0.6) is 0 Å². The first-order valence-electron chi connectivity index (χ1n) is 11.2. The summed E-state index contributed by atoms with van der Waals surface area (Å²) in [5.41, 5.74) is 0. The second kappa shape index (κ2) is 12.8. The summed E-state index contributed by atoms with van der Waals surface area (Å²) < 4.78 is 5.60. The molecule has 0 aromatic heterocycles. The zero-order chi connectivity index (χ0) is 25.5. The molecular formula is C23H42N2O7. The number of aliphatic hydroxyl groups is 1. The van der Waals surface area contributed by atoms with Crippen molar-refractivity contribution in [2.24, 2.45) is 23.7 Å². The molecule has 0 aliphatic heterocycles. The number of hydrogen-bond acceptors (Lipinski definition) is 6. The van der Waals surface area contributed by atoms with Gasteiger partial charge in [-0.3, -0.25) is 9.59 Å². The van der Waals surface area contributed by atoms with E-state index < -0.39 is 54.0 Å². The minimum absolute atomic E-state index is 0.293. The molecule has 5 atom stereocenters. The summed E-state index contributed by atoms with van der Waals surface area (Å²) in [4.78, 5) is 52.9. The Hall–Kier alpha value is -2.16. The van der Waals surface area contributed by atoms with Gasteiger partial charge in [0, 0.05) is 14.1 Å². The normalized spacial score (nSPS) is 16.3. The highest BCUT2D eigenvalue weighted by atomic mass is 16.6. The van der Waals surface area contributed by atoms with Gasteiger partial charge in [-0.25, -0.2) is 9.59 Å². The van der Waals surface area contributed by atoms with Gasteiger partial charge in [-0.15, -0.1) is 0 Å². The van der Waals surface area contributed by atoms with Crippen molar-refractivity contribution in [1.29, 1.82) is 0 Å². The first-order chi connectivity index (χ1) is 14.6. The lowest BCUT2D eigenvalue weighted by Crippen LogP contribution is -2.55. The number of rotatable bonds is 12. The Labute approximate surface area is 192 Å². The van der Waals surface area contributed by atoms with Crippen molar-refractivity contribution in [1.82, 2.24) is 9.80 Å². The minimum Gasteiger partial charge on any atom is -0.480 e. The van der Waals surface area contributed by atoms with Crippen molar-refractivity contribution in [2.45, 2.75) is 86.1 Å². The van der Waals surface area contributed by atoms with Crippen LogP contribution in [0.1, 0.15) is 61.8 Å². The molecule has 0 spiro atoms. The summed E-state index contributed by atoms with van der Waals surface area (Å²) >= 11 is 0. The number of amides is 2. The molecule has 0 saturated carbocycles. The average Bonchev–Trinajstić information content (AvgIpc) is 2.68. The van der Waals surface area contributed by atoms with Crippen molar-refractivity contribution in [3.05, 3.63) is 0 Å². The lowest BCUT2D eigenvalue weighted by molar-refractivity contribution is -0.173. The number of carbonyl (C=O) groups is 4. The highest BCUT2D eigenvalue weighted by molar-refractivity contribution is 5.90. The summed E-state index contributed by atoms with van der Waals surface area (Å²) in [7, 11) is 2.81. The molecule has 0 radical (unpaired) electrons. The Morgan fingerprint density at radius 3 is 1.59 bits per heavy atom. The molecule has 186 valence electrons. The number of carboxylic acids is 1. The van der Waals surface area contributed by atoms with Crippen LogP contribution >= 0.6 is 0 Å². The second-order valence-corrected chi connectivity index (χ2v) is 9.55. The topological polar surface area (TPSA) is 124 Å². The van der Waals surface area contributed by atoms with E-state index in [9.17, 15) is 29.4 Å².